The van der Waals surface area contributed by atoms with Gasteiger partial charge in [0.15, 0.2) is 5.96 Å². The first kappa shape index (κ1) is 19.8. The fraction of sp³-hybridized carbons (Fsp3) is 0.737. The van der Waals surface area contributed by atoms with Crippen molar-refractivity contribution >= 4 is 5.96 Å². The second-order valence-electron chi connectivity index (χ2n) is 7.06. The Labute approximate surface area is 151 Å². The lowest BCUT2D eigenvalue weighted by Gasteiger charge is -2.20. The number of nitrogens with one attached hydrogen (secondary N) is 2. The van der Waals surface area contributed by atoms with Crippen LogP contribution in [0.5, 0.6) is 0 Å². The van der Waals surface area contributed by atoms with E-state index in [0.29, 0.717) is 5.76 Å². The standard InChI is InChI=1S/C19H34N4O2/c1-4-20-18(21-11-5-6-12-23-13-7-8-14-23)22-15-19(3,24)17-10-9-16(2)25-17/h9-10,24H,4-8,11-15H2,1-3H3,(H2,20,21,22). The number of rotatable bonds is 9. The third-order valence-electron chi connectivity index (χ3n) is 4.55. The highest BCUT2D eigenvalue weighted by molar-refractivity contribution is 5.79. The Bertz CT molecular complexity index is 533. The summed E-state index contributed by atoms with van der Waals surface area (Å²) in [4.78, 5) is 7.06. The summed E-state index contributed by atoms with van der Waals surface area (Å²) < 4.78 is 5.54. The lowest BCUT2D eigenvalue weighted by molar-refractivity contribution is 0.0428. The van der Waals surface area contributed by atoms with Crippen molar-refractivity contribution in [2.75, 3.05) is 39.3 Å². The van der Waals surface area contributed by atoms with E-state index >= 15 is 0 Å². The highest BCUT2D eigenvalue weighted by atomic mass is 16.4. The summed E-state index contributed by atoms with van der Waals surface area (Å²) in [5.41, 5.74) is -1.10. The number of furan rings is 1. The first-order valence-electron chi connectivity index (χ1n) is 9.55. The van der Waals surface area contributed by atoms with Crippen molar-refractivity contribution in [2.24, 2.45) is 4.99 Å². The molecule has 0 aliphatic carbocycles. The summed E-state index contributed by atoms with van der Waals surface area (Å²) in [6.07, 6.45) is 5.03. The van der Waals surface area contributed by atoms with E-state index in [0.717, 1.165) is 31.2 Å². The smallest absolute Gasteiger partial charge is 0.191 e. The first-order chi connectivity index (χ1) is 12.0. The van der Waals surface area contributed by atoms with E-state index in [4.69, 9.17) is 4.42 Å². The monoisotopic (exact) mass is 350 g/mol. The fourth-order valence-electron chi connectivity index (χ4n) is 3.05. The van der Waals surface area contributed by atoms with Crippen LogP contribution >= 0.6 is 0 Å². The van der Waals surface area contributed by atoms with Gasteiger partial charge in [-0.15, -0.1) is 0 Å². The van der Waals surface area contributed by atoms with Crippen molar-refractivity contribution in [3.8, 4) is 0 Å². The molecular formula is C19H34N4O2. The van der Waals surface area contributed by atoms with Gasteiger partial charge in [0.25, 0.3) is 0 Å². The number of nitrogens with zero attached hydrogens (tertiary/aromatic N) is 2. The Balaban J connectivity index is 1.75. The zero-order valence-corrected chi connectivity index (χ0v) is 16.0. The average Bonchev–Trinajstić information content (AvgIpc) is 3.24. The van der Waals surface area contributed by atoms with Gasteiger partial charge >= 0.3 is 0 Å². The minimum absolute atomic E-state index is 0.253. The van der Waals surface area contributed by atoms with E-state index in [1.807, 2.05) is 26.0 Å². The maximum absolute atomic E-state index is 10.6. The van der Waals surface area contributed by atoms with Crippen LogP contribution in [0, 0.1) is 6.92 Å². The Morgan fingerprint density at radius 3 is 2.68 bits per heavy atom. The van der Waals surface area contributed by atoms with Crippen molar-refractivity contribution in [2.45, 2.75) is 52.1 Å². The van der Waals surface area contributed by atoms with Gasteiger partial charge in [-0.05, 0) is 78.2 Å². The Kier molecular flexibility index (Phi) is 7.78. The molecule has 0 amide bonds. The number of hydrogen-bond acceptors (Lipinski definition) is 4. The van der Waals surface area contributed by atoms with Gasteiger partial charge in [-0.1, -0.05) is 0 Å². The maximum atomic E-state index is 10.6. The molecule has 142 valence electrons. The highest BCUT2D eigenvalue weighted by Gasteiger charge is 2.26. The number of hydrogen-bond donors (Lipinski definition) is 3. The fourth-order valence-corrected chi connectivity index (χ4v) is 3.05. The van der Waals surface area contributed by atoms with Crippen LogP contribution in [0.3, 0.4) is 0 Å². The number of aryl methyl sites for hydroxylation is 1. The van der Waals surface area contributed by atoms with Crippen molar-refractivity contribution in [3.05, 3.63) is 23.7 Å². The van der Waals surface area contributed by atoms with Gasteiger partial charge in [0.1, 0.15) is 17.1 Å². The quantitative estimate of drug-likeness (QED) is 0.362. The lowest BCUT2D eigenvalue weighted by Crippen LogP contribution is -2.39. The van der Waals surface area contributed by atoms with Crippen molar-refractivity contribution in [1.29, 1.82) is 0 Å². The largest absolute Gasteiger partial charge is 0.463 e. The van der Waals surface area contributed by atoms with E-state index in [-0.39, 0.29) is 6.54 Å². The molecule has 2 heterocycles. The second kappa shape index (κ2) is 9.82. The normalized spacial score (nSPS) is 18.3. The number of unbranched alkanes of at least 4 members (excludes halogenated alkanes) is 1. The summed E-state index contributed by atoms with van der Waals surface area (Å²) in [6, 6.07) is 3.67. The molecule has 1 atom stereocenters. The summed E-state index contributed by atoms with van der Waals surface area (Å²) in [7, 11) is 0. The number of aliphatic hydroxyl groups is 1. The number of aliphatic imine (C=N–C) groups is 1. The van der Waals surface area contributed by atoms with E-state index < -0.39 is 5.60 Å². The van der Waals surface area contributed by atoms with Crippen LogP contribution in [0.4, 0.5) is 0 Å². The molecule has 1 aliphatic rings. The molecule has 1 aromatic heterocycles. The predicted molar refractivity (Wildman–Crippen MR) is 102 cm³/mol. The van der Waals surface area contributed by atoms with Gasteiger partial charge in [0.05, 0.1) is 6.54 Å². The van der Waals surface area contributed by atoms with Gasteiger partial charge in [-0.2, -0.15) is 0 Å². The molecule has 25 heavy (non-hydrogen) atoms. The third-order valence-corrected chi connectivity index (χ3v) is 4.55. The minimum atomic E-state index is -1.10. The molecule has 1 aromatic rings. The molecule has 3 N–H and O–H groups in total. The van der Waals surface area contributed by atoms with Crippen LogP contribution in [0.2, 0.25) is 0 Å². The van der Waals surface area contributed by atoms with Crippen LogP contribution in [0.1, 0.15) is 51.1 Å². The molecule has 0 saturated carbocycles. The average molecular weight is 351 g/mol. The minimum Gasteiger partial charge on any atom is -0.463 e. The number of guanidine groups is 1. The first-order valence-corrected chi connectivity index (χ1v) is 9.55. The maximum Gasteiger partial charge on any atom is 0.191 e. The molecule has 0 aromatic carbocycles. The highest BCUT2D eigenvalue weighted by Crippen LogP contribution is 2.23. The lowest BCUT2D eigenvalue weighted by atomic mass is 10.0. The second-order valence-corrected chi connectivity index (χ2v) is 7.06. The van der Waals surface area contributed by atoms with Crippen LogP contribution < -0.4 is 10.6 Å². The SMILES string of the molecule is CCNC(=NCC(C)(O)c1ccc(C)o1)NCCCCN1CCCC1. The number of likely N-dealkylation sites (tertiary alicyclic amines) is 1. The van der Waals surface area contributed by atoms with Gasteiger partial charge in [-0.25, -0.2) is 4.99 Å². The van der Waals surface area contributed by atoms with E-state index in [1.165, 1.54) is 38.9 Å². The van der Waals surface area contributed by atoms with Crippen LogP contribution in [-0.4, -0.2) is 55.2 Å². The Hall–Kier alpha value is -1.53. The van der Waals surface area contributed by atoms with Gasteiger partial charge in [0, 0.05) is 13.1 Å². The summed E-state index contributed by atoms with van der Waals surface area (Å²) in [6.45, 7) is 11.3. The molecule has 0 spiro atoms. The molecule has 6 heteroatoms. The Morgan fingerprint density at radius 1 is 1.28 bits per heavy atom. The molecule has 6 nitrogen and oxygen atoms in total. The molecule has 1 aliphatic heterocycles. The molecule has 2 rings (SSSR count). The van der Waals surface area contributed by atoms with Gasteiger partial charge in [-0.3, -0.25) is 0 Å². The molecule has 0 bridgehead atoms. The van der Waals surface area contributed by atoms with Crippen LogP contribution in [0.25, 0.3) is 0 Å². The van der Waals surface area contributed by atoms with Crippen LogP contribution in [-0.2, 0) is 5.60 Å². The molecular weight excluding hydrogens is 316 g/mol. The summed E-state index contributed by atoms with van der Waals surface area (Å²) in [5.74, 6) is 2.09. The molecule has 1 fully saturated rings. The predicted octanol–water partition coefficient (Wildman–Crippen LogP) is 2.23. The zero-order chi connectivity index (χ0) is 18.1. The molecule has 0 radical (unpaired) electrons. The van der Waals surface area contributed by atoms with E-state index in [1.54, 1.807) is 6.92 Å². The summed E-state index contributed by atoms with van der Waals surface area (Å²) in [5, 5.41) is 17.2. The van der Waals surface area contributed by atoms with E-state index in [9.17, 15) is 5.11 Å². The van der Waals surface area contributed by atoms with Crippen molar-refractivity contribution < 1.29 is 9.52 Å². The third kappa shape index (κ3) is 6.71. The van der Waals surface area contributed by atoms with Gasteiger partial charge in [0.2, 0.25) is 0 Å². The molecule has 1 saturated heterocycles. The Morgan fingerprint density at radius 2 is 2.04 bits per heavy atom. The summed E-state index contributed by atoms with van der Waals surface area (Å²) >= 11 is 0. The van der Waals surface area contributed by atoms with Crippen molar-refractivity contribution in [3.63, 3.8) is 0 Å². The van der Waals surface area contributed by atoms with Crippen LogP contribution in [0.15, 0.2) is 21.5 Å². The topological polar surface area (TPSA) is 73.0 Å². The zero-order valence-electron chi connectivity index (χ0n) is 16.0. The molecule has 1 unspecified atom stereocenters. The van der Waals surface area contributed by atoms with Crippen molar-refractivity contribution in [1.82, 2.24) is 15.5 Å². The van der Waals surface area contributed by atoms with E-state index in [2.05, 4.69) is 20.5 Å². The van der Waals surface area contributed by atoms with Gasteiger partial charge < -0.3 is 25.1 Å².